The molecule has 0 unspecified atom stereocenters. The van der Waals surface area contributed by atoms with E-state index in [1.54, 1.807) is 0 Å². The first-order valence-electron chi connectivity index (χ1n) is 4.65. The van der Waals surface area contributed by atoms with Gasteiger partial charge in [-0.15, -0.1) is 0 Å². The van der Waals surface area contributed by atoms with Crippen molar-refractivity contribution in [1.82, 2.24) is 15.1 Å². The van der Waals surface area contributed by atoms with Gasteiger partial charge in [-0.3, -0.25) is 9.07 Å². The van der Waals surface area contributed by atoms with Crippen LogP contribution in [0.3, 0.4) is 0 Å². The van der Waals surface area contributed by atoms with Crippen molar-refractivity contribution in [1.29, 1.82) is 0 Å². The first-order chi connectivity index (χ1) is 6.36. The molecule has 0 atom stereocenters. The first kappa shape index (κ1) is 10.2. The van der Waals surface area contributed by atoms with Crippen molar-refractivity contribution in [3.05, 3.63) is 18.0 Å². The van der Waals surface area contributed by atoms with Gasteiger partial charge in [0.2, 0.25) is 0 Å². The summed E-state index contributed by atoms with van der Waals surface area (Å²) in [5.74, 6) is 0. The number of aromatic nitrogens is 2. The lowest BCUT2D eigenvalue weighted by Crippen LogP contribution is -2.14. The minimum absolute atomic E-state index is 0.249. The standard InChI is InChI=1S/C9H16FN3/c1-2-13-8-9(7-12-13)6-11-5-3-4-10/h7-8,11H,2-6H2,1H3. The third-order valence-electron chi connectivity index (χ3n) is 1.83. The quantitative estimate of drug-likeness (QED) is 0.678. The molecule has 4 heteroatoms. The number of aryl methyl sites for hydroxylation is 1. The number of hydrogen-bond donors (Lipinski definition) is 1. The maximum Gasteiger partial charge on any atom is 0.0906 e. The molecule has 0 saturated carbocycles. The summed E-state index contributed by atoms with van der Waals surface area (Å²) >= 11 is 0. The summed E-state index contributed by atoms with van der Waals surface area (Å²) in [5.41, 5.74) is 1.15. The molecule has 0 amide bonds. The molecule has 0 aliphatic rings. The highest BCUT2D eigenvalue weighted by Gasteiger charge is 1.95. The molecule has 1 heterocycles. The minimum atomic E-state index is -0.249. The Morgan fingerprint density at radius 1 is 1.62 bits per heavy atom. The fraction of sp³-hybridized carbons (Fsp3) is 0.667. The molecule has 0 saturated heterocycles. The van der Waals surface area contributed by atoms with Crippen molar-refractivity contribution in [3.8, 4) is 0 Å². The second-order valence-electron chi connectivity index (χ2n) is 2.92. The Bertz CT molecular complexity index is 235. The molecule has 0 aliphatic heterocycles. The normalized spacial score (nSPS) is 10.6. The average Bonchev–Trinajstić information content (AvgIpc) is 2.60. The van der Waals surface area contributed by atoms with Crippen molar-refractivity contribution in [2.24, 2.45) is 0 Å². The monoisotopic (exact) mass is 185 g/mol. The van der Waals surface area contributed by atoms with Gasteiger partial charge < -0.3 is 5.32 Å². The summed E-state index contributed by atoms with van der Waals surface area (Å²) in [6, 6.07) is 0. The van der Waals surface area contributed by atoms with E-state index in [0.29, 0.717) is 6.42 Å². The largest absolute Gasteiger partial charge is 0.312 e. The molecule has 0 bridgehead atoms. The highest BCUT2D eigenvalue weighted by Crippen LogP contribution is 1.96. The van der Waals surface area contributed by atoms with Crippen LogP contribution < -0.4 is 5.32 Å². The van der Waals surface area contributed by atoms with Crippen LogP contribution in [0.1, 0.15) is 18.9 Å². The molecular formula is C9H16FN3. The van der Waals surface area contributed by atoms with Crippen LogP contribution in [-0.4, -0.2) is 23.0 Å². The van der Waals surface area contributed by atoms with Crippen LogP contribution in [0.4, 0.5) is 4.39 Å². The maximum absolute atomic E-state index is 11.7. The van der Waals surface area contributed by atoms with Crippen molar-refractivity contribution in [2.45, 2.75) is 26.4 Å². The Hall–Kier alpha value is -0.900. The van der Waals surface area contributed by atoms with Crippen LogP contribution in [0.5, 0.6) is 0 Å². The van der Waals surface area contributed by atoms with Crippen molar-refractivity contribution < 1.29 is 4.39 Å². The van der Waals surface area contributed by atoms with E-state index in [4.69, 9.17) is 0 Å². The Morgan fingerprint density at radius 3 is 3.08 bits per heavy atom. The third kappa shape index (κ3) is 3.55. The number of halogens is 1. The molecular weight excluding hydrogens is 169 g/mol. The lowest BCUT2D eigenvalue weighted by atomic mass is 10.3. The highest BCUT2D eigenvalue weighted by atomic mass is 19.1. The van der Waals surface area contributed by atoms with Crippen molar-refractivity contribution in [2.75, 3.05) is 13.2 Å². The van der Waals surface area contributed by atoms with Gasteiger partial charge in [0.1, 0.15) is 0 Å². The van der Waals surface area contributed by atoms with Gasteiger partial charge in [0.25, 0.3) is 0 Å². The van der Waals surface area contributed by atoms with Gasteiger partial charge in [-0.1, -0.05) is 0 Å². The fourth-order valence-corrected chi connectivity index (χ4v) is 1.10. The van der Waals surface area contributed by atoms with Gasteiger partial charge in [-0.25, -0.2) is 0 Å². The second-order valence-corrected chi connectivity index (χ2v) is 2.92. The van der Waals surface area contributed by atoms with Gasteiger partial charge in [-0.2, -0.15) is 5.10 Å². The van der Waals surface area contributed by atoms with E-state index >= 15 is 0 Å². The summed E-state index contributed by atoms with van der Waals surface area (Å²) < 4.78 is 13.6. The third-order valence-corrected chi connectivity index (χ3v) is 1.83. The highest BCUT2D eigenvalue weighted by molar-refractivity contribution is 5.02. The van der Waals surface area contributed by atoms with Crippen LogP contribution in [-0.2, 0) is 13.1 Å². The van der Waals surface area contributed by atoms with Crippen LogP contribution in [0.2, 0.25) is 0 Å². The number of nitrogens with one attached hydrogen (secondary N) is 1. The molecule has 3 nitrogen and oxygen atoms in total. The summed E-state index contributed by atoms with van der Waals surface area (Å²) in [7, 11) is 0. The van der Waals surface area contributed by atoms with E-state index in [9.17, 15) is 4.39 Å². The van der Waals surface area contributed by atoms with Gasteiger partial charge in [0.15, 0.2) is 0 Å². The molecule has 13 heavy (non-hydrogen) atoms. The fourth-order valence-electron chi connectivity index (χ4n) is 1.10. The van der Waals surface area contributed by atoms with Crippen LogP contribution >= 0.6 is 0 Å². The van der Waals surface area contributed by atoms with Gasteiger partial charge in [-0.05, 0) is 19.9 Å². The van der Waals surface area contributed by atoms with Gasteiger partial charge >= 0.3 is 0 Å². The van der Waals surface area contributed by atoms with Crippen molar-refractivity contribution in [3.63, 3.8) is 0 Å². The van der Waals surface area contributed by atoms with E-state index in [-0.39, 0.29) is 6.67 Å². The topological polar surface area (TPSA) is 29.9 Å². The zero-order valence-electron chi connectivity index (χ0n) is 7.96. The zero-order valence-corrected chi connectivity index (χ0v) is 7.96. The van der Waals surface area contributed by atoms with Crippen LogP contribution in [0, 0.1) is 0 Å². The number of alkyl halides is 1. The predicted molar refractivity (Wildman–Crippen MR) is 50.2 cm³/mol. The van der Waals surface area contributed by atoms with Gasteiger partial charge in [0, 0.05) is 24.8 Å². The van der Waals surface area contributed by atoms with Crippen LogP contribution in [0.25, 0.3) is 0 Å². The Balaban J connectivity index is 2.20. The lowest BCUT2D eigenvalue weighted by Gasteiger charge is -1.99. The lowest BCUT2D eigenvalue weighted by molar-refractivity contribution is 0.459. The first-order valence-corrected chi connectivity index (χ1v) is 4.65. The van der Waals surface area contributed by atoms with E-state index in [1.807, 2.05) is 24.0 Å². The van der Waals surface area contributed by atoms with Gasteiger partial charge in [0.05, 0.1) is 12.9 Å². The molecule has 0 spiro atoms. The summed E-state index contributed by atoms with van der Waals surface area (Å²) in [4.78, 5) is 0. The van der Waals surface area contributed by atoms with Crippen LogP contribution in [0.15, 0.2) is 12.4 Å². The second kappa shape index (κ2) is 5.70. The smallest absolute Gasteiger partial charge is 0.0906 e. The van der Waals surface area contributed by atoms with E-state index in [1.165, 1.54) is 0 Å². The molecule has 74 valence electrons. The molecule has 1 aromatic heterocycles. The van der Waals surface area contributed by atoms with E-state index in [2.05, 4.69) is 10.4 Å². The Kier molecular flexibility index (Phi) is 4.46. The Labute approximate surface area is 77.9 Å². The summed E-state index contributed by atoms with van der Waals surface area (Å²) in [5, 5.41) is 7.28. The molecule has 0 aromatic carbocycles. The Morgan fingerprint density at radius 2 is 2.46 bits per heavy atom. The van der Waals surface area contributed by atoms with Crippen molar-refractivity contribution >= 4 is 0 Å². The molecule has 0 radical (unpaired) electrons. The maximum atomic E-state index is 11.7. The number of hydrogen-bond acceptors (Lipinski definition) is 2. The number of nitrogens with zero attached hydrogens (tertiary/aromatic N) is 2. The minimum Gasteiger partial charge on any atom is -0.312 e. The van der Waals surface area contributed by atoms with E-state index in [0.717, 1.165) is 25.2 Å². The summed E-state index contributed by atoms with van der Waals surface area (Å²) in [6.45, 7) is 4.20. The number of rotatable bonds is 6. The molecule has 1 rings (SSSR count). The summed E-state index contributed by atoms with van der Waals surface area (Å²) in [6.07, 6.45) is 4.43. The zero-order chi connectivity index (χ0) is 9.52. The molecule has 1 aromatic rings. The molecule has 0 aliphatic carbocycles. The predicted octanol–water partition coefficient (Wildman–Crippen LogP) is 1.35. The SMILES string of the molecule is CCn1cc(CNCCCF)cn1. The van der Waals surface area contributed by atoms with E-state index < -0.39 is 0 Å². The molecule has 1 N–H and O–H groups in total. The average molecular weight is 185 g/mol. The molecule has 0 fully saturated rings.